The van der Waals surface area contributed by atoms with Gasteiger partial charge < -0.3 is 17.0 Å². The molecule has 21 heavy (non-hydrogen) atoms. The molecular formula is C16H14BrN3Se. The van der Waals surface area contributed by atoms with E-state index in [1.54, 1.807) is 0 Å². The van der Waals surface area contributed by atoms with E-state index in [0.717, 1.165) is 5.32 Å². The largest absolute Gasteiger partial charge is 1.00 e. The monoisotopic (exact) mass is 407 g/mol. The van der Waals surface area contributed by atoms with Gasteiger partial charge in [0, 0.05) is 0 Å². The Bertz CT molecular complexity index is 824. The summed E-state index contributed by atoms with van der Waals surface area (Å²) < 4.78 is 5.74. The van der Waals surface area contributed by atoms with Crippen molar-refractivity contribution in [3.05, 3.63) is 60.2 Å². The molecule has 1 aliphatic rings. The number of aromatic nitrogens is 2. The Morgan fingerprint density at radius 3 is 2.57 bits per heavy atom. The Morgan fingerprint density at radius 2 is 1.76 bits per heavy atom. The summed E-state index contributed by atoms with van der Waals surface area (Å²) in [5.41, 5.74) is 4.88. The van der Waals surface area contributed by atoms with E-state index in [2.05, 4.69) is 70.9 Å². The molecular weight excluding hydrogens is 393 g/mol. The molecule has 0 fully saturated rings. The van der Waals surface area contributed by atoms with Gasteiger partial charge in [-0.1, -0.05) is 0 Å². The molecule has 0 atom stereocenters. The van der Waals surface area contributed by atoms with Gasteiger partial charge in [0.05, 0.1) is 0 Å². The molecule has 0 spiro atoms. The molecule has 0 amide bonds. The number of halogens is 1. The summed E-state index contributed by atoms with van der Waals surface area (Å²) in [7, 11) is 2.14. The second-order valence-corrected chi connectivity index (χ2v) is 6.82. The van der Waals surface area contributed by atoms with Gasteiger partial charge in [-0.3, -0.25) is 0 Å². The second kappa shape index (κ2) is 5.76. The van der Waals surface area contributed by atoms with Gasteiger partial charge in [0.25, 0.3) is 0 Å². The topological polar surface area (TPSA) is 21.2 Å². The number of imidazole rings is 1. The van der Waals surface area contributed by atoms with Crippen molar-refractivity contribution >= 4 is 36.4 Å². The van der Waals surface area contributed by atoms with E-state index >= 15 is 0 Å². The number of aryl methyl sites for hydroxylation is 1. The fraction of sp³-hybridized carbons (Fsp3) is 0.125. The average Bonchev–Trinajstić information content (AvgIpc) is 2.81. The van der Waals surface area contributed by atoms with Crippen molar-refractivity contribution in [3.8, 4) is 0 Å². The standard InChI is InChI=1S/C16H14N3Se.BrH/c1-18-14-9-5-6-10-15(14)19-16(18)20-11-13(17-19)12-7-3-2-4-8-12;/h2-10H,11H2,1H3;1H/q+1;/p-1. The molecule has 0 radical (unpaired) electrons. The number of nitrogens with zero attached hydrogens (tertiary/aromatic N) is 3. The van der Waals surface area contributed by atoms with Crippen LogP contribution in [0, 0.1) is 0 Å². The predicted octanol–water partition coefficient (Wildman–Crippen LogP) is -1.52. The zero-order valence-corrected chi connectivity index (χ0v) is 14.8. The van der Waals surface area contributed by atoms with Crippen molar-refractivity contribution in [1.29, 1.82) is 0 Å². The molecule has 0 aliphatic carbocycles. The van der Waals surface area contributed by atoms with Gasteiger partial charge in [0.15, 0.2) is 0 Å². The first-order valence-electron chi connectivity index (χ1n) is 6.60. The van der Waals surface area contributed by atoms with E-state index in [-0.39, 0.29) is 17.0 Å². The summed E-state index contributed by atoms with van der Waals surface area (Å²) in [4.78, 5) is 0. The molecule has 0 N–H and O–H groups in total. The van der Waals surface area contributed by atoms with Gasteiger partial charge in [-0.2, -0.15) is 0 Å². The van der Waals surface area contributed by atoms with Crippen molar-refractivity contribution in [2.24, 2.45) is 12.1 Å². The van der Waals surface area contributed by atoms with Crippen LogP contribution in [0.4, 0.5) is 0 Å². The van der Waals surface area contributed by atoms with Crippen LogP contribution in [0.3, 0.4) is 0 Å². The summed E-state index contributed by atoms with van der Waals surface area (Å²) in [6.07, 6.45) is 0. The van der Waals surface area contributed by atoms with Crippen molar-refractivity contribution < 1.29 is 21.5 Å². The number of fused-ring (bicyclic) bond motifs is 3. The summed E-state index contributed by atoms with van der Waals surface area (Å²) >= 11 is 0.417. The molecule has 1 aliphatic heterocycles. The van der Waals surface area contributed by atoms with Crippen LogP contribution < -0.4 is 26.3 Å². The van der Waals surface area contributed by atoms with Crippen LogP contribution in [-0.2, 0) is 7.05 Å². The third-order valence-electron chi connectivity index (χ3n) is 3.61. The van der Waals surface area contributed by atoms with Crippen LogP contribution in [0.15, 0.2) is 59.7 Å². The maximum Gasteiger partial charge on any atom is -1.00 e. The fourth-order valence-electron chi connectivity index (χ4n) is 2.58. The molecule has 0 unspecified atom stereocenters. The van der Waals surface area contributed by atoms with Gasteiger partial charge in [0.2, 0.25) is 0 Å². The van der Waals surface area contributed by atoms with Crippen LogP contribution in [0.5, 0.6) is 0 Å². The smallest absolute Gasteiger partial charge is 1.00 e. The Balaban J connectivity index is 0.00000132. The third kappa shape index (κ3) is 2.35. The van der Waals surface area contributed by atoms with Crippen molar-refractivity contribution in [2.45, 2.75) is 5.32 Å². The van der Waals surface area contributed by atoms with Crippen LogP contribution >= 0.6 is 0 Å². The molecule has 106 valence electrons. The molecule has 0 bridgehead atoms. The normalized spacial score (nSPS) is 13.5. The molecule has 1 aromatic heterocycles. The Kier molecular flexibility index (Phi) is 3.98. The Morgan fingerprint density at radius 1 is 1.05 bits per heavy atom. The zero-order chi connectivity index (χ0) is 13.5. The number of para-hydroxylation sites is 2. The van der Waals surface area contributed by atoms with Gasteiger partial charge >= 0.3 is 123 Å². The SMILES string of the molecule is C[n+]1c2n(c3ccccc31)N=C(c1ccccc1)C[Se]2.[Br-]. The number of hydrogen-bond acceptors (Lipinski definition) is 1. The van der Waals surface area contributed by atoms with Gasteiger partial charge in [-0.25, -0.2) is 0 Å². The molecule has 0 saturated carbocycles. The average molecular weight is 407 g/mol. The summed E-state index contributed by atoms with van der Waals surface area (Å²) in [5, 5.41) is 5.95. The van der Waals surface area contributed by atoms with Gasteiger partial charge in [0.1, 0.15) is 0 Å². The van der Waals surface area contributed by atoms with Gasteiger partial charge in [-0.05, 0) is 0 Å². The van der Waals surface area contributed by atoms with E-state index in [0.29, 0.717) is 15.0 Å². The number of hydrogen-bond donors (Lipinski definition) is 0. The first kappa shape index (κ1) is 14.5. The quantitative estimate of drug-likeness (QED) is 0.346. The summed E-state index contributed by atoms with van der Waals surface area (Å²) in [5.74, 6) is 0. The minimum absolute atomic E-state index is 0. The van der Waals surface area contributed by atoms with E-state index in [9.17, 15) is 0 Å². The van der Waals surface area contributed by atoms with Crippen molar-refractivity contribution in [3.63, 3.8) is 0 Å². The molecule has 0 saturated heterocycles. The predicted molar refractivity (Wildman–Crippen MR) is 81.7 cm³/mol. The summed E-state index contributed by atoms with van der Waals surface area (Å²) in [6.45, 7) is 0. The molecule has 5 heteroatoms. The van der Waals surface area contributed by atoms with Crippen LogP contribution in [0.2, 0.25) is 5.32 Å². The zero-order valence-electron chi connectivity index (χ0n) is 11.5. The van der Waals surface area contributed by atoms with E-state index in [1.807, 2.05) is 0 Å². The first-order chi connectivity index (χ1) is 9.84. The molecule has 3 nitrogen and oxygen atoms in total. The first-order valence-corrected chi connectivity index (χ1v) is 8.67. The van der Waals surface area contributed by atoms with Crippen molar-refractivity contribution in [1.82, 2.24) is 4.68 Å². The maximum atomic E-state index is 4.89. The van der Waals surface area contributed by atoms with Crippen molar-refractivity contribution in [2.75, 3.05) is 0 Å². The van der Waals surface area contributed by atoms with Crippen LogP contribution in [-0.4, -0.2) is 25.3 Å². The van der Waals surface area contributed by atoms with Crippen LogP contribution in [0.25, 0.3) is 11.0 Å². The minimum atomic E-state index is 0. The number of rotatable bonds is 1. The van der Waals surface area contributed by atoms with Gasteiger partial charge in [-0.15, -0.1) is 0 Å². The van der Waals surface area contributed by atoms with E-state index < -0.39 is 0 Å². The molecule has 2 aromatic carbocycles. The molecule has 2 heterocycles. The molecule has 3 aromatic rings. The third-order valence-corrected chi connectivity index (χ3v) is 5.96. The van der Waals surface area contributed by atoms with E-state index in [1.165, 1.54) is 27.0 Å². The Labute approximate surface area is 140 Å². The van der Waals surface area contributed by atoms with Crippen LogP contribution in [0.1, 0.15) is 5.56 Å². The second-order valence-electron chi connectivity index (χ2n) is 4.84. The fourth-order valence-corrected chi connectivity index (χ4v) is 4.77. The Hall–Kier alpha value is -1.42. The summed E-state index contributed by atoms with van der Waals surface area (Å²) in [6, 6.07) is 19.0. The maximum absolute atomic E-state index is 4.89. The van der Waals surface area contributed by atoms with E-state index in [4.69, 9.17) is 5.10 Å². The molecule has 4 rings (SSSR count). The minimum Gasteiger partial charge on any atom is -1.00 e. The number of benzene rings is 2.